The summed E-state index contributed by atoms with van der Waals surface area (Å²) in [6, 6.07) is 3.75. The lowest BCUT2D eigenvalue weighted by Gasteiger charge is -2.26. The molecule has 0 radical (unpaired) electrons. The lowest BCUT2D eigenvalue weighted by Crippen LogP contribution is -2.28. The third-order valence-electron chi connectivity index (χ3n) is 2.95. The van der Waals surface area contributed by atoms with Gasteiger partial charge in [0.1, 0.15) is 5.75 Å². The van der Waals surface area contributed by atoms with Gasteiger partial charge in [-0.15, -0.1) is 0 Å². The number of ether oxygens (including phenoxy) is 3. The van der Waals surface area contributed by atoms with Crippen LogP contribution in [0.3, 0.4) is 0 Å². The second-order valence-electron chi connectivity index (χ2n) is 4.50. The summed E-state index contributed by atoms with van der Waals surface area (Å²) in [6.07, 6.45) is 0. The van der Waals surface area contributed by atoms with E-state index in [1.165, 1.54) is 0 Å². The Bertz CT molecular complexity index is 388. The van der Waals surface area contributed by atoms with Crippen LogP contribution < -0.4 is 19.9 Å². The standard InChI is InChI=1S/C13H21NO3/c1-13(2,8-14)9-6-11(16-4)12(17-5)7-10(9)15-3/h6-7H,8,14H2,1-5H3. The van der Waals surface area contributed by atoms with Gasteiger partial charge in [0.15, 0.2) is 11.5 Å². The molecule has 1 rings (SSSR count). The third-order valence-corrected chi connectivity index (χ3v) is 2.95. The minimum absolute atomic E-state index is 0.176. The van der Waals surface area contributed by atoms with E-state index >= 15 is 0 Å². The maximum Gasteiger partial charge on any atom is 0.164 e. The van der Waals surface area contributed by atoms with Gasteiger partial charge < -0.3 is 19.9 Å². The normalized spacial score (nSPS) is 11.2. The van der Waals surface area contributed by atoms with Crippen LogP contribution in [0, 0.1) is 0 Å². The Hall–Kier alpha value is -1.42. The highest BCUT2D eigenvalue weighted by molar-refractivity contribution is 5.53. The fraction of sp³-hybridized carbons (Fsp3) is 0.538. The van der Waals surface area contributed by atoms with E-state index in [9.17, 15) is 0 Å². The van der Waals surface area contributed by atoms with Gasteiger partial charge in [-0.05, 0) is 6.07 Å². The summed E-state index contributed by atoms with van der Waals surface area (Å²) in [6.45, 7) is 4.66. The first-order chi connectivity index (χ1) is 8.00. The van der Waals surface area contributed by atoms with Crippen LogP contribution in [0.15, 0.2) is 12.1 Å². The smallest absolute Gasteiger partial charge is 0.164 e. The van der Waals surface area contributed by atoms with Crippen molar-refractivity contribution >= 4 is 0 Å². The Morgan fingerprint density at radius 3 is 1.82 bits per heavy atom. The van der Waals surface area contributed by atoms with Gasteiger partial charge in [-0.25, -0.2) is 0 Å². The van der Waals surface area contributed by atoms with Gasteiger partial charge in [-0.2, -0.15) is 0 Å². The molecular weight excluding hydrogens is 218 g/mol. The van der Waals surface area contributed by atoms with Crippen LogP contribution in [0.4, 0.5) is 0 Å². The molecule has 0 aromatic heterocycles. The molecule has 0 fully saturated rings. The molecule has 0 spiro atoms. The van der Waals surface area contributed by atoms with E-state index in [0.717, 1.165) is 11.3 Å². The second kappa shape index (κ2) is 5.27. The molecule has 0 aliphatic heterocycles. The molecule has 0 aliphatic rings. The molecule has 2 N–H and O–H groups in total. The van der Waals surface area contributed by atoms with Gasteiger partial charge >= 0.3 is 0 Å². The van der Waals surface area contributed by atoms with Crippen LogP contribution in [0.25, 0.3) is 0 Å². The number of methoxy groups -OCH3 is 3. The van der Waals surface area contributed by atoms with Crippen LogP contribution in [-0.4, -0.2) is 27.9 Å². The summed E-state index contributed by atoms with van der Waals surface area (Å²) in [7, 11) is 4.85. The average molecular weight is 239 g/mol. The Labute approximate surface area is 103 Å². The summed E-state index contributed by atoms with van der Waals surface area (Å²) >= 11 is 0. The number of nitrogens with two attached hydrogens (primary N) is 1. The lowest BCUT2D eigenvalue weighted by molar-refractivity contribution is 0.343. The van der Waals surface area contributed by atoms with Crippen molar-refractivity contribution < 1.29 is 14.2 Å². The molecule has 0 saturated heterocycles. The van der Waals surface area contributed by atoms with Crippen molar-refractivity contribution in [2.45, 2.75) is 19.3 Å². The highest BCUT2D eigenvalue weighted by Gasteiger charge is 2.25. The van der Waals surface area contributed by atoms with Crippen LogP contribution in [0.1, 0.15) is 19.4 Å². The summed E-state index contributed by atoms with van der Waals surface area (Å²) in [5.41, 5.74) is 6.63. The van der Waals surface area contributed by atoms with Gasteiger partial charge in [0, 0.05) is 23.6 Å². The molecule has 4 heteroatoms. The fourth-order valence-electron chi connectivity index (χ4n) is 1.67. The monoisotopic (exact) mass is 239 g/mol. The van der Waals surface area contributed by atoms with E-state index in [1.54, 1.807) is 21.3 Å². The summed E-state index contributed by atoms with van der Waals surface area (Å²) < 4.78 is 15.9. The molecule has 0 amide bonds. The molecule has 0 heterocycles. The Balaban J connectivity index is 3.38. The summed E-state index contributed by atoms with van der Waals surface area (Å²) in [5, 5.41) is 0. The van der Waals surface area contributed by atoms with E-state index in [1.807, 2.05) is 12.1 Å². The summed E-state index contributed by atoms with van der Waals surface area (Å²) in [4.78, 5) is 0. The zero-order valence-electron chi connectivity index (χ0n) is 11.2. The van der Waals surface area contributed by atoms with Crippen molar-refractivity contribution in [1.82, 2.24) is 0 Å². The van der Waals surface area contributed by atoms with Crippen LogP contribution in [0.5, 0.6) is 17.2 Å². The van der Waals surface area contributed by atoms with E-state index < -0.39 is 0 Å². The van der Waals surface area contributed by atoms with Gasteiger partial charge in [0.05, 0.1) is 21.3 Å². The maximum atomic E-state index is 5.80. The Morgan fingerprint density at radius 1 is 0.941 bits per heavy atom. The van der Waals surface area contributed by atoms with E-state index in [2.05, 4.69) is 13.8 Å². The Kier molecular flexibility index (Phi) is 4.23. The fourth-order valence-corrected chi connectivity index (χ4v) is 1.67. The van der Waals surface area contributed by atoms with Crippen molar-refractivity contribution in [2.75, 3.05) is 27.9 Å². The van der Waals surface area contributed by atoms with Crippen molar-refractivity contribution in [3.63, 3.8) is 0 Å². The van der Waals surface area contributed by atoms with Crippen molar-refractivity contribution in [2.24, 2.45) is 5.73 Å². The highest BCUT2D eigenvalue weighted by Crippen LogP contribution is 2.39. The van der Waals surface area contributed by atoms with Gasteiger partial charge in [-0.1, -0.05) is 13.8 Å². The molecule has 0 saturated carbocycles. The average Bonchev–Trinajstić information content (AvgIpc) is 2.36. The molecule has 1 aromatic rings. The van der Waals surface area contributed by atoms with E-state index in [-0.39, 0.29) is 5.41 Å². The molecule has 0 unspecified atom stereocenters. The molecule has 0 aliphatic carbocycles. The molecule has 0 atom stereocenters. The van der Waals surface area contributed by atoms with Crippen LogP contribution in [-0.2, 0) is 5.41 Å². The zero-order chi connectivity index (χ0) is 13.1. The second-order valence-corrected chi connectivity index (χ2v) is 4.50. The zero-order valence-corrected chi connectivity index (χ0v) is 11.2. The predicted octanol–water partition coefficient (Wildman–Crippen LogP) is 1.95. The Morgan fingerprint density at radius 2 is 1.41 bits per heavy atom. The van der Waals surface area contributed by atoms with E-state index in [0.29, 0.717) is 18.0 Å². The maximum absolute atomic E-state index is 5.80. The summed E-state index contributed by atoms with van der Waals surface area (Å²) in [5.74, 6) is 2.10. The van der Waals surface area contributed by atoms with Crippen molar-refractivity contribution in [3.05, 3.63) is 17.7 Å². The predicted molar refractivity (Wildman–Crippen MR) is 68.2 cm³/mol. The molecule has 17 heavy (non-hydrogen) atoms. The number of benzene rings is 1. The quantitative estimate of drug-likeness (QED) is 0.853. The highest BCUT2D eigenvalue weighted by atomic mass is 16.5. The number of rotatable bonds is 5. The first-order valence-electron chi connectivity index (χ1n) is 5.50. The number of hydrogen-bond acceptors (Lipinski definition) is 4. The molecule has 4 nitrogen and oxygen atoms in total. The van der Waals surface area contributed by atoms with Gasteiger partial charge in [0.25, 0.3) is 0 Å². The largest absolute Gasteiger partial charge is 0.496 e. The molecule has 1 aromatic carbocycles. The van der Waals surface area contributed by atoms with Crippen LogP contribution in [0.2, 0.25) is 0 Å². The molecular formula is C13H21NO3. The first kappa shape index (κ1) is 13.6. The van der Waals surface area contributed by atoms with Crippen molar-refractivity contribution in [1.29, 1.82) is 0 Å². The molecule has 0 bridgehead atoms. The van der Waals surface area contributed by atoms with Gasteiger partial charge in [-0.3, -0.25) is 0 Å². The van der Waals surface area contributed by atoms with E-state index in [4.69, 9.17) is 19.9 Å². The van der Waals surface area contributed by atoms with Crippen LogP contribution >= 0.6 is 0 Å². The van der Waals surface area contributed by atoms with Gasteiger partial charge in [0.2, 0.25) is 0 Å². The lowest BCUT2D eigenvalue weighted by atomic mass is 9.84. The van der Waals surface area contributed by atoms with Crippen molar-refractivity contribution in [3.8, 4) is 17.2 Å². The SMILES string of the molecule is COc1cc(OC)c(C(C)(C)CN)cc1OC. The topological polar surface area (TPSA) is 53.7 Å². The first-order valence-corrected chi connectivity index (χ1v) is 5.50. The molecule has 96 valence electrons. The third kappa shape index (κ3) is 2.64. The minimum atomic E-state index is -0.176. The minimum Gasteiger partial charge on any atom is -0.496 e. The number of hydrogen-bond donors (Lipinski definition) is 1.